The van der Waals surface area contributed by atoms with E-state index in [2.05, 4.69) is 16.0 Å². The van der Waals surface area contributed by atoms with Crippen molar-refractivity contribution in [3.63, 3.8) is 0 Å². The zero-order valence-corrected chi connectivity index (χ0v) is 11.5. The van der Waals surface area contributed by atoms with Gasteiger partial charge in [0.25, 0.3) is 0 Å². The van der Waals surface area contributed by atoms with Crippen LogP contribution in [0.3, 0.4) is 0 Å². The first-order valence-corrected chi connectivity index (χ1v) is 7.28. The van der Waals surface area contributed by atoms with E-state index in [1.54, 1.807) is 0 Å². The molecule has 1 rings (SSSR count). The molecule has 0 spiro atoms. The van der Waals surface area contributed by atoms with Gasteiger partial charge in [0.15, 0.2) is 0 Å². The summed E-state index contributed by atoms with van der Waals surface area (Å²) < 4.78 is 11.1. The topological polar surface area (TPSA) is 54.5 Å². The number of rotatable bonds is 0. The molecule has 0 aliphatic carbocycles. The van der Waals surface area contributed by atoms with Crippen LogP contribution >= 0.6 is 0 Å². The second-order valence-corrected chi connectivity index (χ2v) is 4.54. The minimum Gasteiger partial charge on any atom is -0.380 e. The van der Waals surface area contributed by atoms with Crippen molar-refractivity contribution in [1.29, 1.82) is 0 Å². The summed E-state index contributed by atoms with van der Waals surface area (Å²) in [6, 6.07) is 0. The van der Waals surface area contributed by atoms with Crippen LogP contribution in [0, 0.1) is 0 Å². The van der Waals surface area contributed by atoms with E-state index < -0.39 is 0 Å². The molecule has 1 aliphatic rings. The molecule has 1 saturated heterocycles. The van der Waals surface area contributed by atoms with E-state index in [9.17, 15) is 0 Å². The summed E-state index contributed by atoms with van der Waals surface area (Å²) in [5, 5.41) is 10.1. The SMILES string of the molecule is C1CCOCCNCCNCCNCCOCC1. The third kappa shape index (κ3) is 10.9. The molecule has 0 aromatic rings. The van der Waals surface area contributed by atoms with Crippen LogP contribution in [0.4, 0.5) is 0 Å². The van der Waals surface area contributed by atoms with Crippen LogP contribution in [-0.2, 0) is 9.47 Å². The summed E-state index contributed by atoms with van der Waals surface area (Å²) >= 11 is 0. The molecule has 5 heteroatoms. The van der Waals surface area contributed by atoms with Crippen molar-refractivity contribution in [3.8, 4) is 0 Å². The summed E-state index contributed by atoms with van der Waals surface area (Å²) in [5.74, 6) is 0. The molecule has 3 N–H and O–H groups in total. The lowest BCUT2D eigenvalue weighted by Gasteiger charge is -2.10. The zero-order chi connectivity index (χ0) is 12.7. The van der Waals surface area contributed by atoms with Gasteiger partial charge in [-0.1, -0.05) is 0 Å². The standard InChI is InChI=1S/C13H29N3O2/c1-2-10-17-12-8-15-6-4-14-5-7-16-9-13-18-11-3-1/h14-16H,1-13H2. The molecule has 0 unspecified atom stereocenters. The summed E-state index contributed by atoms with van der Waals surface area (Å²) in [7, 11) is 0. The van der Waals surface area contributed by atoms with Crippen LogP contribution in [0.25, 0.3) is 0 Å². The van der Waals surface area contributed by atoms with Gasteiger partial charge in [-0.25, -0.2) is 0 Å². The van der Waals surface area contributed by atoms with Gasteiger partial charge in [0.1, 0.15) is 0 Å². The molecule has 5 nitrogen and oxygen atoms in total. The third-order valence-corrected chi connectivity index (χ3v) is 2.88. The van der Waals surface area contributed by atoms with E-state index in [1.165, 1.54) is 6.42 Å². The van der Waals surface area contributed by atoms with Crippen LogP contribution in [0.1, 0.15) is 19.3 Å². The Morgan fingerprint density at radius 1 is 0.444 bits per heavy atom. The molecule has 1 aliphatic heterocycles. The molecule has 0 aromatic heterocycles. The predicted molar refractivity (Wildman–Crippen MR) is 74.1 cm³/mol. The Kier molecular flexibility index (Phi) is 11.7. The molecular formula is C13H29N3O2. The Morgan fingerprint density at radius 3 is 1.39 bits per heavy atom. The largest absolute Gasteiger partial charge is 0.380 e. The van der Waals surface area contributed by atoms with E-state index in [0.717, 1.165) is 78.5 Å². The molecule has 0 bridgehead atoms. The quantitative estimate of drug-likeness (QED) is 0.570. The number of hydrogen-bond acceptors (Lipinski definition) is 5. The molecule has 0 amide bonds. The minimum absolute atomic E-state index is 0.818. The molecular weight excluding hydrogens is 230 g/mol. The van der Waals surface area contributed by atoms with Crippen molar-refractivity contribution in [2.75, 3.05) is 65.7 Å². The fourth-order valence-corrected chi connectivity index (χ4v) is 1.81. The number of hydrogen-bond donors (Lipinski definition) is 3. The lowest BCUT2D eigenvalue weighted by molar-refractivity contribution is 0.116. The number of ether oxygens (including phenoxy) is 2. The highest BCUT2D eigenvalue weighted by Gasteiger charge is 1.94. The fraction of sp³-hybridized carbons (Fsp3) is 1.00. The van der Waals surface area contributed by atoms with Crippen molar-refractivity contribution in [1.82, 2.24) is 16.0 Å². The van der Waals surface area contributed by atoms with E-state index in [0.29, 0.717) is 0 Å². The molecule has 0 radical (unpaired) electrons. The summed E-state index contributed by atoms with van der Waals surface area (Å²) in [6.07, 6.45) is 3.48. The lowest BCUT2D eigenvalue weighted by atomic mass is 10.2. The number of nitrogens with one attached hydrogen (secondary N) is 3. The average Bonchev–Trinajstić information content (AvgIpc) is 2.39. The van der Waals surface area contributed by atoms with E-state index in [1.807, 2.05) is 0 Å². The van der Waals surface area contributed by atoms with Crippen molar-refractivity contribution < 1.29 is 9.47 Å². The first-order chi connectivity index (χ1) is 9.00. The van der Waals surface area contributed by atoms with Gasteiger partial charge in [0.2, 0.25) is 0 Å². The normalized spacial score (nSPS) is 24.0. The Bertz CT molecular complexity index is 95.3. The van der Waals surface area contributed by atoms with Gasteiger partial charge in [0.05, 0.1) is 13.2 Å². The highest BCUT2D eigenvalue weighted by atomic mass is 16.5. The van der Waals surface area contributed by atoms with Gasteiger partial charge in [-0.05, 0) is 19.3 Å². The average molecular weight is 259 g/mol. The van der Waals surface area contributed by atoms with Crippen LogP contribution in [0.2, 0.25) is 0 Å². The van der Waals surface area contributed by atoms with E-state index in [-0.39, 0.29) is 0 Å². The highest BCUT2D eigenvalue weighted by molar-refractivity contribution is 4.55. The maximum absolute atomic E-state index is 5.55. The van der Waals surface area contributed by atoms with Gasteiger partial charge in [-0.15, -0.1) is 0 Å². The van der Waals surface area contributed by atoms with Gasteiger partial charge >= 0.3 is 0 Å². The second kappa shape index (κ2) is 13.2. The van der Waals surface area contributed by atoms with E-state index in [4.69, 9.17) is 9.47 Å². The molecule has 0 saturated carbocycles. The van der Waals surface area contributed by atoms with Gasteiger partial charge in [0, 0.05) is 52.5 Å². The van der Waals surface area contributed by atoms with Crippen molar-refractivity contribution in [3.05, 3.63) is 0 Å². The van der Waals surface area contributed by atoms with Crippen LogP contribution in [0.15, 0.2) is 0 Å². The Morgan fingerprint density at radius 2 is 0.889 bits per heavy atom. The second-order valence-electron chi connectivity index (χ2n) is 4.54. The summed E-state index contributed by atoms with van der Waals surface area (Å²) in [5.41, 5.74) is 0. The predicted octanol–water partition coefficient (Wildman–Crippen LogP) is -0.0277. The smallest absolute Gasteiger partial charge is 0.0590 e. The van der Waals surface area contributed by atoms with Crippen molar-refractivity contribution >= 4 is 0 Å². The first kappa shape index (κ1) is 15.9. The van der Waals surface area contributed by atoms with Gasteiger partial charge in [-0.3, -0.25) is 0 Å². The monoisotopic (exact) mass is 259 g/mol. The molecule has 0 aromatic carbocycles. The summed E-state index contributed by atoms with van der Waals surface area (Å²) in [4.78, 5) is 0. The van der Waals surface area contributed by atoms with Gasteiger partial charge in [-0.2, -0.15) is 0 Å². The molecule has 108 valence electrons. The van der Waals surface area contributed by atoms with Crippen molar-refractivity contribution in [2.24, 2.45) is 0 Å². The maximum Gasteiger partial charge on any atom is 0.0590 e. The lowest BCUT2D eigenvalue weighted by Crippen LogP contribution is -2.34. The Balaban J connectivity index is 2.00. The molecule has 0 atom stereocenters. The van der Waals surface area contributed by atoms with Crippen LogP contribution in [-0.4, -0.2) is 65.7 Å². The van der Waals surface area contributed by atoms with Gasteiger partial charge < -0.3 is 25.4 Å². The van der Waals surface area contributed by atoms with Crippen LogP contribution < -0.4 is 16.0 Å². The fourth-order valence-electron chi connectivity index (χ4n) is 1.81. The minimum atomic E-state index is 0.818. The Hall–Kier alpha value is -0.200. The van der Waals surface area contributed by atoms with Crippen LogP contribution in [0.5, 0.6) is 0 Å². The molecule has 1 fully saturated rings. The van der Waals surface area contributed by atoms with Crippen molar-refractivity contribution in [2.45, 2.75) is 19.3 Å². The maximum atomic E-state index is 5.55. The Labute approximate surface area is 111 Å². The first-order valence-electron chi connectivity index (χ1n) is 7.28. The zero-order valence-electron chi connectivity index (χ0n) is 11.5. The summed E-state index contributed by atoms with van der Waals surface area (Å²) in [6.45, 7) is 9.32. The molecule has 1 heterocycles. The van der Waals surface area contributed by atoms with E-state index >= 15 is 0 Å². The third-order valence-electron chi connectivity index (χ3n) is 2.88. The highest BCUT2D eigenvalue weighted by Crippen LogP contribution is 1.96. The molecule has 18 heavy (non-hydrogen) atoms.